The summed E-state index contributed by atoms with van der Waals surface area (Å²) in [6.45, 7) is 4.49. The highest BCUT2D eigenvalue weighted by Gasteiger charge is 2.15. The van der Waals surface area contributed by atoms with E-state index in [1.54, 1.807) is 0 Å². The quantitative estimate of drug-likeness (QED) is 0.856. The van der Waals surface area contributed by atoms with Crippen LogP contribution in [0.5, 0.6) is 0 Å². The first-order valence-electron chi connectivity index (χ1n) is 5.69. The minimum atomic E-state index is 0.490. The zero-order chi connectivity index (χ0) is 12.1. The molecule has 0 aliphatic rings. The molecular weight excluding hydrogens is 286 g/mol. The number of nitrogens with one attached hydrogen (secondary N) is 1. The second-order valence-corrected chi connectivity index (χ2v) is 5.54. The fourth-order valence-corrected chi connectivity index (χ4v) is 2.55. The van der Waals surface area contributed by atoms with Gasteiger partial charge in [-0.1, -0.05) is 53.9 Å². The van der Waals surface area contributed by atoms with Gasteiger partial charge in [-0.3, -0.25) is 0 Å². The molecule has 0 aliphatic carbocycles. The molecule has 16 heavy (non-hydrogen) atoms. The molecule has 0 radical (unpaired) electrons. The summed E-state index contributed by atoms with van der Waals surface area (Å²) >= 11 is 9.64. The third-order valence-corrected chi connectivity index (χ3v) is 4.00. The molecule has 2 unspecified atom stereocenters. The van der Waals surface area contributed by atoms with Crippen molar-refractivity contribution in [3.8, 4) is 0 Å². The Morgan fingerprint density at radius 2 is 2.12 bits per heavy atom. The van der Waals surface area contributed by atoms with Gasteiger partial charge in [-0.2, -0.15) is 0 Å². The van der Waals surface area contributed by atoms with Gasteiger partial charge in [0.1, 0.15) is 0 Å². The van der Waals surface area contributed by atoms with Crippen LogP contribution < -0.4 is 5.32 Å². The number of likely N-dealkylation sites (N-methyl/N-ethyl adjacent to an activating group) is 1. The van der Waals surface area contributed by atoms with Crippen LogP contribution in [0.4, 0.5) is 0 Å². The number of halogens is 2. The standard InChI is InChI=1S/C13H19BrClN/c1-4-9(2)13(16-3)7-10-5-6-11(14)8-12(10)15/h5-6,8-9,13,16H,4,7H2,1-3H3. The molecule has 1 rings (SSSR count). The first-order chi connectivity index (χ1) is 7.58. The molecule has 0 saturated heterocycles. The monoisotopic (exact) mass is 303 g/mol. The zero-order valence-electron chi connectivity index (χ0n) is 10.1. The fourth-order valence-electron chi connectivity index (χ4n) is 1.80. The third kappa shape index (κ3) is 3.76. The summed E-state index contributed by atoms with van der Waals surface area (Å²) in [4.78, 5) is 0. The molecule has 3 heteroatoms. The Balaban J connectivity index is 2.78. The Labute approximate surface area is 112 Å². The molecule has 2 atom stereocenters. The summed E-state index contributed by atoms with van der Waals surface area (Å²) in [6, 6.07) is 6.59. The van der Waals surface area contributed by atoms with Gasteiger partial charge in [-0.05, 0) is 37.1 Å². The van der Waals surface area contributed by atoms with Crippen molar-refractivity contribution in [3.63, 3.8) is 0 Å². The Bertz CT molecular complexity index is 341. The van der Waals surface area contributed by atoms with Crippen molar-refractivity contribution in [2.75, 3.05) is 7.05 Å². The van der Waals surface area contributed by atoms with E-state index in [0.29, 0.717) is 12.0 Å². The van der Waals surface area contributed by atoms with Crippen LogP contribution in [-0.2, 0) is 6.42 Å². The van der Waals surface area contributed by atoms with Gasteiger partial charge in [0.05, 0.1) is 0 Å². The Morgan fingerprint density at radius 1 is 1.44 bits per heavy atom. The molecule has 1 N–H and O–H groups in total. The highest BCUT2D eigenvalue weighted by molar-refractivity contribution is 9.10. The summed E-state index contributed by atoms with van der Waals surface area (Å²) in [5.41, 5.74) is 1.21. The lowest BCUT2D eigenvalue weighted by molar-refractivity contribution is 0.386. The summed E-state index contributed by atoms with van der Waals surface area (Å²) in [5.74, 6) is 0.657. The number of hydrogen-bond donors (Lipinski definition) is 1. The predicted octanol–water partition coefficient (Wildman–Crippen LogP) is 4.28. The minimum Gasteiger partial charge on any atom is -0.316 e. The molecule has 90 valence electrons. The van der Waals surface area contributed by atoms with Crippen molar-refractivity contribution in [1.29, 1.82) is 0 Å². The van der Waals surface area contributed by atoms with Crippen molar-refractivity contribution in [2.45, 2.75) is 32.7 Å². The van der Waals surface area contributed by atoms with Crippen LogP contribution in [0.25, 0.3) is 0 Å². The molecule has 0 aliphatic heterocycles. The lowest BCUT2D eigenvalue weighted by Gasteiger charge is -2.23. The van der Waals surface area contributed by atoms with E-state index < -0.39 is 0 Å². The maximum absolute atomic E-state index is 6.22. The van der Waals surface area contributed by atoms with Crippen LogP contribution in [0.2, 0.25) is 5.02 Å². The zero-order valence-corrected chi connectivity index (χ0v) is 12.4. The van der Waals surface area contributed by atoms with E-state index in [2.05, 4.69) is 41.2 Å². The molecule has 0 bridgehead atoms. The maximum Gasteiger partial charge on any atom is 0.0449 e. The highest BCUT2D eigenvalue weighted by Crippen LogP contribution is 2.24. The van der Waals surface area contributed by atoms with Crippen LogP contribution in [0, 0.1) is 5.92 Å². The molecule has 0 aromatic heterocycles. The van der Waals surface area contributed by atoms with Crippen LogP contribution in [0.3, 0.4) is 0 Å². The molecule has 0 saturated carbocycles. The number of rotatable bonds is 5. The van der Waals surface area contributed by atoms with Crippen molar-refractivity contribution in [3.05, 3.63) is 33.3 Å². The van der Waals surface area contributed by atoms with Gasteiger partial charge in [0.25, 0.3) is 0 Å². The van der Waals surface area contributed by atoms with Gasteiger partial charge in [0, 0.05) is 15.5 Å². The first-order valence-corrected chi connectivity index (χ1v) is 6.86. The van der Waals surface area contributed by atoms with Gasteiger partial charge < -0.3 is 5.32 Å². The molecular formula is C13H19BrClN. The smallest absolute Gasteiger partial charge is 0.0449 e. The number of benzene rings is 1. The van der Waals surface area contributed by atoms with Crippen molar-refractivity contribution in [2.24, 2.45) is 5.92 Å². The van der Waals surface area contributed by atoms with Gasteiger partial charge in [-0.15, -0.1) is 0 Å². The predicted molar refractivity (Wildman–Crippen MR) is 75.2 cm³/mol. The molecule has 0 fully saturated rings. The van der Waals surface area contributed by atoms with Gasteiger partial charge in [-0.25, -0.2) is 0 Å². The largest absolute Gasteiger partial charge is 0.316 e. The highest BCUT2D eigenvalue weighted by atomic mass is 79.9. The lowest BCUT2D eigenvalue weighted by atomic mass is 9.93. The summed E-state index contributed by atoms with van der Waals surface area (Å²) in [7, 11) is 2.02. The minimum absolute atomic E-state index is 0.490. The summed E-state index contributed by atoms with van der Waals surface area (Å²) < 4.78 is 1.03. The van der Waals surface area contributed by atoms with Crippen LogP contribution in [0.15, 0.2) is 22.7 Å². The van der Waals surface area contributed by atoms with Crippen molar-refractivity contribution >= 4 is 27.5 Å². The average Bonchev–Trinajstić information content (AvgIpc) is 2.27. The second-order valence-electron chi connectivity index (χ2n) is 4.22. The summed E-state index contributed by atoms with van der Waals surface area (Å²) in [5, 5.41) is 4.22. The van der Waals surface area contributed by atoms with E-state index in [1.807, 2.05) is 19.2 Å². The molecule has 0 heterocycles. The Hall–Kier alpha value is -0.0500. The molecule has 0 amide bonds. The first kappa shape index (κ1) is 14.0. The topological polar surface area (TPSA) is 12.0 Å². The van der Waals surface area contributed by atoms with Crippen molar-refractivity contribution in [1.82, 2.24) is 5.32 Å². The second kappa shape index (κ2) is 6.63. The van der Waals surface area contributed by atoms with Gasteiger partial charge >= 0.3 is 0 Å². The number of hydrogen-bond acceptors (Lipinski definition) is 1. The Morgan fingerprint density at radius 3 is 2.62 bits per heavy atom. The van der Waals surface area contributed by atoms with Gasteiger partial charge in [0.15, 0.2) is 0 Å². The van der Waals surface area contributed by atoms with Gasteiger partial charge in [0.2, 0.25) is 0 Å². The molecule has 1 aromatic carbocycles. The lowest BCUT2D eigenvalue weighted by Crippen LogP contribution is -2.33. The average molecular weight is 305 g/mol. The van der Waals surface area contributed by atoms with E-state index in [9.17, 15) is 0 Å². The van der Waals surface area contributed by atoms with Crippen LogP contribution >= 0.6 is 27.5 Å². The fraction of sp³-hybridized carbons (Fsp3) is 0.538. The molecule has 0 spiro atoms. The molecule has 1 aromatic rings. The summed E-state index contributed by atoms with van der Waals surface area (Å²) in [6.07, 6.45) is 2.16. The van der Waals surface area contributed by atoms with E-state index >= 15 is 0 Å². The van der Waals surface area contributed by atoms with Crippen LogP contribution in [-0.4, -0.2) is 13.1 Å². The van der Waals surface area contributed by atoms with Crippen molar-refractivity contribution < 1.29 is 0 Å². The van der Waals surface area contributed by atoms with E-state index in [-0.39, 0.29) is 0 Å². The van der Waals surface area contributed by atoms with Crippen LogP contribution in [0.1, 0.15) is 25.8 Å². The van der Waals surface area contributed by atoms with E-state index in [0.717, 1.165) is 15.9 Å². The molecule has 1 nitrogen and oxygen atoms in total. The Kier molecular flexibility index (Phi) is 5.81. The SMILES string of the molecule is CCC(C)C(Cc1ccc(Br)cc1Cl)NC. The third-order valence-electron chi connectivity index (χ3n) is 3.16. The maximum atomic E-state index is 6.22. The normalized spacial score (nSPS) is 14.8. The van der Waals surface area contributed by atoms with E-state index in [4.69, 9.17) is 11.6 Å². The van der Waals surface area contributed by atoms with E-state index in [1.165, 1.54) is 12.0 Å².